The van der Waals surface area contributed by atoms with Crippen LogP contribution < -0.4 is 10.6 Å². The number of aryl methyl sites for hydroxylation is 2. The fourth-order valence-electron chi connectivity index (χ4n) is 2.61. The van der Waals surface area contributed by atoms with Crippen LogP contribution >= 0.6 is 0 Å². The predicted octanol–water partition coefficient (Wildman–Crippen LogP) is 1.98. The quantitative estimate of drug-likeness (QED) is 0.436. The predicted molar refractivity (Wildman–Crippen MR) is 103 cm³/mol. The van der Waals surface area contributed by atoms with E-state index >= 15 is 0 Å². The van der Waals surface area contributed by atoms with Gasteiger partial charge in [-0.3, -0.25) is 14.4 Å². The van der Waals surface area contributed by atoms with Gasteiger partial charge < -0.3 is 19.9 Å². The Bertz CT molecular complexity index is 994. The molecule has 1 aromatic heterocycles. The second kappa shape index (κ2) is 8.26. The highest BCUT2D eigenvalue weighted by molar-refractivity contribution is 6.43. The molecule has 8 nitrogen and oxygen atoms in total. The first-order chi connectivity index (χ1) is 13.5. The minimum atomic E-state index is -1.39. The van der Waals surface area contributed by atoms with Crippen molar-refractivity contribution in [3.63, 3.8) is 0 Å². The Balaban J connectivity index is 2.17. The van der Waals surface area contributed by atoms with E-state index in [0.717, 1.165) is 0 Å². The third-order valence-corrected chi connectivity index (χ3v) is 4.24. The lowest BCUT2D eigenvalue weighted by Crippen LogP contribution is -2.52. The summed E-state index contributed by atoms with van der Waals surface area (Å²) in [5.74, 6) is -3.55. The van der Waals surface area contributed by atoms with Crippen molar-refractivity contribution >= 4 is 29.3 Å². The first-order valence-electron chi connectivity index (χ1n) is 8.65. The molecule has 0 unspecified atom stereocenters. The molecule has 154 valence electrons. The zero-order valence-corrected chi connectivity index (χ0v) is 16.8. The van der Waals surface area contributed by atoms with E-state index < -0.39 is 34.9 Å². The fraction of sp³-hybridized carbons (Fsp3) is 0.300. The van der Waals surface area contributed by atoms with Gasteiger partial charge in [0.2, 0.25) is 0 Å². The molecule has 2 rings (SSSR count). The number of anilines is 1. The van der Waals surface area contributed by atoms with E-state index in [4.69, 9.17) is 0 Å². The molecule has 0 saturated carbocycles. The van der Waals surface area contributed by atoms with Gasteiger partial charge in [0.1, 0.15) is 17.1 Å². The monoisotopic (exact) mass is 403 g/mol. The van der Waals surface area contributed by atoms with Gasteiger partial charge in [-0.1, -0.05) is 0 Å². The Labute approximate surface area is 167 Å². The van der Waals surface area contributed by atoms with Gasteiger partial charge in [0.05, 0.1) is 7.11 Å². The van der Waals surface area contributed by atoms with Crippen molar-refractivity contribution in [1.29, 1.82) is 0 Å². The van der Waals surface area contributed by atoms with Gasteiger partial charge in [0.25, 0.3) is 17.6 Å². The van der Waals surface area contributed by atoms with E-state index in [2.05, 4.69) is 15.4 Å². The number of ether oxygens (including phenoxy) is 1. The number of amides is 2. The average Bonchev–Trinajstić information content (AvgIpc) is 3.04. The summed E-state index contributed by atoms with van der Waals surface area (Å²) in [6.07, 6.45) is 1.33. The number of carbonyl (C=O) groups is 4. The molecular weight excluding hydrogens is 381 g/mol. The minimum Gasteiger partial charge on any atom is -0.467 e. The van der Waals surface area contributed by atoms with Crippen LogP contribution in [0.4, 0.5) is 10.1 Å². The molecule has 1 heterocycles. The number of nitrogens with zero attached hydrogens (tertiary/aromatic N) is 1. The molecule has 29 heavy (non-hydrogen) atoms. The van der Waals surface area contributed by atoms with Gasteiger partial charge in [-0.15, -0.1) is 0 Å². The first-order valence-corrected chi connectivity index (χ1v) is 8.65. The Morgan fingerprint density at radius 2 is 1.79 bits per heavy atom. The van der Waals surface area contributed by atoms with Crippen LogP contribution in [0.15, 0.2) is 30.5 Å². The molecule has 0 aliphatic rings. The first kappa shape index (κ1) is 21.8. The molecule has 2 N–H and O–H groups in total. The van der Waals surface area contributed by atoms with Crippen LogP contribution in [0, 0.1) is 12.7 Å². The van der Waals surface area contributed by atoms with Crippen molar-refractivity contribution in [3.8, 4) is 0 Å². The summed E-state index contributed by atoms with van der Waals surface area (Å²) < 4.78 is 19.3. The number of benzene rings is 1. The third kappa shape index (κ3) is 4.87. The maximum atomic E-state index is 13.4. The topological polar surface area (TPSA) is 106 Å². The second-order valence-corrected chi connectivity index (χ2v) is 7.04. The lowest BCUT2D eigenvalue weighted by atomic mass is 10.1. The number of Topliss-reactive ketones (excluding diaryl/α,β-unsaturated/α-hetero) is 1. The highest BCUT2D eigenvalue weighted by Crippen LogP contribution is 2.16. The molecule has 2 aromatic rings. The van der Waals surface area contributed by atoms with Gasteiger partial charge in [-0.05, 0) is 50.6 Å². The summed E-state index contributed by atoms with van der Waals surface area (Å²) in [7, 11) is 2.71. The van der Waals surface area contributed by atoms with E-state index in [1.54, 1.807) is 6.92 Å². The molecular formula is C20H22FN3O5. The second-order valence-electron chi connectivity index (χ2n) is 7.04. The van der Waals surface area contributed by atoms with E-state index in [-0.39, 0.29) is 11.3 Å². The lowest BCUT2D eigenvalue weighted by molar-refractivity contribution is -0.148. The lowest BCUT2D eigenvalue weighted by Gasteiger charge is -2.22. The third-order valence-electron chi connectivity index (χ3n) is 4.24. The van der Waals surface area contributed by atoms with Crippen LogP contribution in [0.5, 0.6) is 0 Å². The van der Waals surface area contributed by atoms with Crippen LogP contribution in [0.2, 0.25) is 0 Å². The SMILES string of the molecule is COC(=O)C(C)(C)NC(=O)C(=O)c1cc(C(=O)Nc2ccc(F)c(C)c2)n(C)c1. The Morgan fingerprint density at radius 3 is 2.38 bits per heavy atom. The summed E-state index contributed by atoms with van der Waals surface area (Å²) in [4.78, 5) is 48.8. The van der Waals surface area contributed by atoms with E-state index in [0.29, 0.717) is 11.3 Å². The molecule has 0 radical (unpaired) electrons. The fourth-order valence-corrected chi connectivity index (χ4v) is 2.61. The standard InChI is InChI=1S/C20H22FN3O5/c1-11-8-13(6-7-14(11)21)22-17(26)15-9-12(10-24(15)4)16(25)18(27)23-20(2,3)19(28)29-5/h6-10H,1-5H3,(H,22,26)(H,23,27). The number of hydrogen-bond donors (Lipinski definition) is 2. The molecule has 0 aliphatic carbocycles. The van der Waals surface area contributed by atoms with Crippen molar-refractivity contribution in [2.24, 2.45) is 7.05 Å². The maximum Gasteiger partial charge on any atom is 0.330 e. The number of methoxy groups -OCH3 is 1. The normalized spacial score (nSPS) is 11.0. The van der Waals surface area contributed by atoms with Crippen molar-refractivity contribution < 1.29 is 28.3 Å². The van der Waals surface area contributed by atoms with Gasteiger partial charge in [-0.25, -0.2) is 9.18 Å². The molecule has 9 heteroatoms. The van der Waals surface area contributed by atoms with E-state index in [1.807, 2.05) is 0 Å². The smallest absolute Gasteiger partial charge is 0.330 e. The van der Waals surface area contributed by atoms with Gasteiger partial charge in [0, 0.05) is 24.5 Å². The molecule has 1 aromatic carbocycles. The summed E-state index contributed by atoms with van der Waals surface area (Å²) in [6.45, 7) is 4.37. The summed E-state index contributed by atoms with van der Waals surface area (Å²) >= 11 is 0. The Hall–Kier alpha value is -3.49. The number of esters is 1. The average molecular weight is 403 g/mol. The molecule has 0 saturated heterocycles. The summed E-state index contributed by atoms with van der Waals surface area (Å²) in [5.41, 5.74) is -0.533. The van der Waals surface area contributed by atoms with Crippen molar-refractivity contribution in [3.05, 3.63) is 53.1 Å². The summed E-state index contributed by atoms with van der Waals surface area (Å²) in [6, 6.07) is 5.39. The number of halogens is 1. The van der Waals surface area contributed by atoms with Crippen molar-refractivity contribution in [2.45, 2.75) is 26.3 Å². The number of rotatable bonds is 6. The number of nitrogens with one attached hydrogen (secondary N) is 2. The zero-order chi connectivity index (χ0) is 21.9. The maximum absolute atomic E-state index is 13.4. The van der Waals surface area contributed by atoms with E-state index in [9.17, 15) is 23.6 Å². The van der Waals surface area contributed by atoms with Crippen LogP contribution in [0.3, 0.4) is 0 Å². The molecule has 0 atom stereocenters. The number of ketones is 1. The number of aromatic nitrogens is 1. The Kier molecular flexibility index (Phi) is 6.21. The van der Waals surface area contributed by atoms with Crippen LogP contribution in [-0.2, 0) is 21.4 Å². The van der Waals surface area contributed by atoms with Crippen LogP contribution in [-0.4, -0.2) is 40.8 Å². The van der Waals surface area contributed by atoms with Gasteiger partial charge >= 0.3 is 5.97 Å². The van der Waals surface area contributed by atoms with Crippen LogP contribution in [0.25, 0.3) is 0 Å². The zero-order valence-electron chi connectivity index (χ0n) is 16.8. The minimum absolute atomic E-state index is 0.0221. The highest BCUT2D eigenvalue weighted by Gasteiger charge is 2.33. The van der Waals surface area contributed by atoms with Crippen LogP contribution in [0.1, 0.15) is 40.3 Å². The van der Waals surface area contributed by atoms with Gasteiger partial charge in [0.15, 0.2) is 0 Å². The van der Waals surface area contributed by atoms with E-state index in [1.165, 1.54) is 63.0 Å². The largest absolute Gasteiger partial charge is 0.467 e. The molecule has 0 fully saturated rings. The molecule has 0 spiro atoms. The number of hydrogen-bond acceptors (Lipinski definition) is 5. The van der Waals surface area contributed by atoms with Crippen molar-refractivity contribution in [1.82, 2.24) is 9.88 Å². The highest BCUT2D eigenvalue weighted by atomic mass is 19.1. The summed E-state index contributed by atoms with van der Waals surface area (Å²) in [5, 5.41) is 4.92. The Morgan fingerprint density at radius 1 is 1.14 bits per heavy atom. The van der Waals surface area contributed by atoms with Gasteiger partial charge in [-0.2, -0.15) is 0 Å². The number of carbonyl (C=O) groups excluding carboxylic acids is 4. The van der Waals surface area contributed by atoms with Crippen molar-refractivity contribution in [2.75, 3.05) is 12.4 Å². The molecule has 2 amide bonds. The molecule has 0 aliphatic heterocycles. The molecule has 0 bridgehead atoms.